The van der Waals surface area contributed by atoms with Crippen molar-refractivity contribution in [2.45, 2.75) is 18.6 Å². The van der Waals surface area contributed by atoms with Gasteiger partial charge in [0, 0.05) is 0 Å². The lowest BCUT2D eigenvalue weighted by atomic mass is 10.2. The quantitative estimate of drug-likeness (QED) is 0.419. The molecule has 1 aromatic carbocycles. The minimum absolute atomic E-state index is 0.105. The number of esters is 2. The van der Waals surface area contributed by atoms with E-state index in [1.165, 1.54) is 19.2 Å². The van der Waals surface area contributed by atoms with Gasteiger partial charge in [0.2, 0.25) is 5.91 Å². The molecular formula is C18H19N3O6S. The van der Waals surface area contributed by atoms with Crippen molar-refractivity contribution in [1.29, 1.82) is 0 Å². The van der Waals surface area contributed by atoms with E-state index in [2.05, 4.69) is 15.0 Å². The summed E-state index contributed by atoms with van der Waals surface area (Å²) in [5, 5.41) is 2.83. The molecular weight excluding hydrogens is 386 g/mol. The Bertz CT molecular complexity index is 957. The number of anilines is 1. The fraction of sp³-hybridized carbons (Fsp3) is 0.278. The van der Waals surface area contributed by atoms with E-state index in [0.717, 1.165) is 22.5 Å². The average Bonchev–Trinajstić information content (AvgIpc) is 2.69. The Labute approximate surface area is 165 Å². The third kappa shape index (κ3) is 4.77. The van der Waals surface area contributed by atoms with Crippen LogP contribution in [0.15, 0.2) is 40.4 Å². The molecule has 0 atom stereocenters. The van der Waals surface area contributed by atoms with Gasteiger partial charge in [0.1, 0.15) is 12.1 Å². The summed E-state index contributed by atoms with van der Waals surface area (Å²) in [5.41, 5.74) is -0.529. The molecule has 1 N–H and O–H groups in total. The topological polar surface area (TPSA) is 117 Å². The smallest absolute Gasteiger partial charge is 0.345 e. The van der Waals surface area contributed by atoms with Gasteiger partial charge in [-0.15, -0.1) is 0 Å². The molecule has 1 heterocycles. The molecule has 28 heavy (non-hydrogen) atoms. The van der Waals surface area contributed by atoms with E-state index in [-0.39, 0.29) is 28.6 Å². The summed E-state index contributed by atoms with van der Waals surface area (Å²) in [5.74, 6) is -1.99. The van der Waals surface area contributed by atoms with Crippen molar-refractivity contribution in [3.8, 4) is 0 Å². The molecule has 9 nitrogen and oxygen atoms in total. The maximum absolute atomic E-state index is 12.6. The Balaban J connectivity index is 2.32. The standard InChI is InChI=1S/C18H19N3O6S/c1-4-27-17(25)12-9-19-18(28-3)21(15(12)23)10-14(22)20-13-8-6-5-7-11(13)16(24)26-2/h5-9H,4,10H2,1-3H3,(H,20,22). The van der Waals surface area contributed by atoms with Crippen LogP contribution in [0.5, 0.6) is 0 Å². The average molecular weight is 405 g/mol. The number of thioether (sulfide) groups is 1. The normalized spacial score (nSPS) is 10.2. The highest BCUT2D eigenvalue weighted by Gasteiger charge is 2.20. The highest BCUT2D eigenvalue weighted by atomic mass is 32.2. The molecule has 0 aliphatic rings. The molecule has 0 saturated heterocycles. The van der Waals surface area contributed by atoms with Crippen LogP contribution in [0.2, 0.25) is 0 Å². The molecule has 0 aliphatic heterocycles. The molecule has 0 fully saturated rings. The summed E-state index contributed by atoms with van der Waals surface area (Å²) in [4.78, 5) is 52.9. The molecule has 0 radical (unpaired) electrons. The van der Waals surface area contributed by atoms with Crippen LogP contribution in [0.3, 0.4) is 0 Å². The number of nitrogens with zero attached hydrogens (tertiary/aromatic N) is 2. The minimum Gasteiger partial charge on any atom is -0.465 e. The molecule has 0 aliphatic carbocycles. The molecule has 0 unspecified atom stereocenters. The molecule has 10 heteroatoms. The van der Waals surface area contributed by atoms with Gasteiger partial charge < -0.3 is 14.8 Å². The fourth-order valence-corrected chi connectivity index (χ4v) is 2.87. The van der Waals surface area contributed by atoms with Crippen LogP contribution in [0.25, 0.3) is 0 Å². The molecule has 1 aromatic heterocycles. The SMILES string of the molecule is CCOC(=O)c1cnc(SC)n(CC(=O)Nc2ccccc2C(=O)OC)c1=O. The number of ether oxygens (including phenoxy) is 2. The zero-order valence-electron chi connectivity index (χ0n) is 15.6. The van der Waals surface area contributed by atoms with Gasteiger partial charge in [-0.3, -0.25) is 14.2 Å². The predicted octanol–water partition coefficient (Wildman–Crippen LogP) is 1.57. The van der Waals surface area contributed by atoms with Crippen LogP contribution >= 0.6 is 11.8 Å². The molecule has 1 amide bonds. The summed E-state index contributed by atoms with van der Waals surface area (Å²) in [6.07, 6.45) is 2.82. The third-order valence-corrected chi connectivity index (χ3v) is 4.29. The summed E-state index contributed by atoms with van der Waals surface area (Å²) in [6.45, 7) is 1.32. The molecule has 2 rings (SSSR count). The van der Waals surface area contributed by atoms with Gasteiger partial charge in [-0.2, -0.15) is 0 Å². The van der Waals surface area contributed by atoms with E-state index >= 15 is 0 Å². The first-order valence-electron chi connectivity index (χ1n) is 8.21. The lowest BCUT2D eigenvalue weighted by Gasteiger charge is -2.13. The Morgan fingerprint density at radius 1 is 1.18 bits per heavy atom. The second-order valence-electron chi connectivity index (χ2n) is 5.36. The van der Waals surface area contributed by atoms with Crippen molar-refractivity contribution in [3.05, 3.63) is 51.9 Å². The van der Waals surface area contributed by atoms with Crippen molar-refractivity contribution in [1.82, 2.24) is 9.55 Å². The number of rotatable bonds is 7. The van der Waals surface area contributed by atoms with E-state index in [1.54, 1.807) is 25.3 Å². The molecule has 0 bridgehead atoms. The van der Waals surface area contributed by atoms with Crippen LogP contribution in [-0.2, 0) is 20.8 Å². The number of aromatic nitrogens is 2. The first kappa shape index (κ1) is 21.2. The maximum atomic E-state index is 12.6. The van der Waals surface area contributed by atoms with E-state index in [1.807, 2.05) is 0 Å². The van der Waals surface area contributed by atoms with E-state index in [4.69, 9.17) is 4.74 Å². The van der Waals surface area contributed by atoms with Gasteiger partial charge in [0.25, 0.3) is 5.56 Å². The highest BCUT2D eigenvalue weighted by Crippen LogP contribution is 2.16. The van der Waals surface area contributed by atoms with Crippen LogP contribution in [-0.4, -0.2) is 47.4 Å². The molecule has 0 saturated carbocycles. The van der Waals surface area contributed by atoms with Crippen LogP contribution in [0, 0.1) is 0 Å². The maximum Gasteiger partial charge on any atom is 0.345 e. The van der Waals surface area contributed by atoms with Crippen molar-refractivity contribution >= 4 is 35.3 Å². The summed E-state index contributed by atoms with van der Waals surface area (Å²) in [6, 6.07) is 6.31. The number of hydrogen-bond donors (Lipinski definition) is 1. The highest BCUT2D eigenvalue weighted by molar-refractivity contribution is 7.98. The number of carbonyl (C=O) groups excluding carboxylic acids is 3. The Hall–Kier alpha value is -3.14. The van der Waals surface area contributed by atoms with Gasteiger partial charge in [-0.1, -0.05) is 23.9 Å². The van der Waals surface area contributed by atoms with Crippen molar-refractivity contribution < 1.29 is 23.9 Å². The van der Waals surface area contributed by atoms with E-state index in [0.29, 0.717) is 0 Å². The fourth-order valence-electron chi connectivity index (χ4n) is 2.34. The molecule has 0 spiro atoms. The summed E-state index contributed by atoms with van der Waals surface area (Å²) in [7, 11) is 1.23. The predicted molar refractivity (Wildman–Crippen MR) is 103 cm³/mol. The second kappa shape index (κ2) is 9.70. The first-order chi connectivity index (χ1) is 13.4. The minimum atomic E-state index is -0.808. The van der Waals surface area contributed by atoms with Gasteiger partial charge in [0.15, 0.2) is 5.16 Å². The van der Waals surface area contributed by atoms with Gasteiger partial charge in [-0.25, -0.2) is 14.6 Å². The van der Waals surface area contributed by atoms with Crippen molar-refractivity contribution in [3.63, 3.8) is 0 Å². The number of amides is 1. The summed E-state index contributed by atoms with van der Waals surface area (Å²) >= 11 is 1.15. The van der Waals surface area contributed by atoms with Crippen molar-refractivity contribution in [2.24, 2.45) is 0 Å². The molecule has 2 aromatic rings. The first-order valence-corrected chi connectivity index (χ1v) is 9.43. The largest absolute Gasteiger partial charge is 0.465 e. The second-order valence-corrected chi connectivity index (χ2v) is 6.13. The van der Waals surface area contributed by atoms with Crippen LogP contribution in [0.4, 0.5) is 5.69 Å². The van der Waals surface area contributed by atoms with Gasteiger partial charge in [-0.05, 0) is 25.3 Å². The number of methoxy groups -OCH3 is 1. The van der Waals surface area contributed by atoms with Crippen molar-refractivity contribution in [2.75, 3.05) is 25.3 Å². The van der Waals surface area contributed by atoms with E-state index < -0.39 is 29.9 Å². The van der Waals surface area contributed by atoms with Gasteiger partial charge >= 0.3 is 11.9 Å². The van der Waals surface area contributed by atoms with Crippen LogP contribution < -0.4 is 10.9 Å². The number of para-hydroxylation sites is 1. The summed E-state index contributed by atoms with van der Waals surface area (Å²) < 4.78 is 10.6. The number of carbonyl (C=O) groups is 3. The molecule has 148 valence electrons. The van der Waals surface area contributed by atoms with E-state index in [9.17, 15) is 19.2 Å². The number of benzene rings is 1. The Kier molecular flexibility index (Phi) is 7.33. The zero-order valence-corrected chi connectivity index (χ0v) is 16.4. The third-order valence-electron chi connectivity index (χ3n) is 3.60. The monoisotopic (exact) mass is 405 g/mol. The number of nitrogens with one attached hydrogen (secondary N) is 1. The van der Waals surface area contributed by atoms with Crippen LogP contribution in [0.1, 0.15) is 27.6 Å². The lowest BCUT2D eigenvalue weighted by molar-refractivity contribution is -0.116. The Morgan fingerprint density at radius 2 is 1.89 bits per heavy atom. The lowest BCUT2D eigenvalue weighted by Crippen LogP contribution is -2.33. The van der Waals surface area contributed by atoms with Gasteiger partial charge in [0.05, 0.1) is 31.2 Å². The Morgan fingerprint density at radius 3 is 2.54 bits per heavy atom. The number of hydrogen-bond acceptors (Lipinski definition) is 8. The zero-order chi connectivity index (χ0) is 20.7.